The second-order valence-corrected chi connectivity index (χ2v) is 22.3. The third-order valence-corrected chi connectivity index (χ3v) is 18.3. The van der Waals surface area contributed by atoms with Crippen molar-refractivity contribution in [2.75, 3.05) is 0 Å². The molecular weight excluding hydrogens is 953 g/mol. The molecule has 2 heterocycles. The molecular formula is C74H44S2. The normalized spacial score (nSPS) is 12.4. The summed E-state index contributed by atoms with van der Waals surface area (Å²) in [5.74, 6) is 0. The Balaban J connectivity index is 0.714. The van der Waals surface area contributed by atoms with Gasteiger partial charge in [-0.3, -0.25) is 0 Å². The lowest BCUT2D eigenvalue weighted by Gasteiger charge is -2.27. The van der Waals surface area contributed by atoms with E-state index in [0.717, 1.165) is 0 Å². The molecule has 2 aliphatic heterocycles. The summed E-state index contributed by atoms with van der Waals surface area (Å²) in [5, 5.41) is 12.9. The van der Waals surface area contributed by atoms with Gasteiger partial charge in [0.1, 0.15) is 0 Å². The minimum atomic E-state index is 1.22. The molecule has 0 radical (unpaired) electrons. The van der Waals surface area contributed by atoms with E-state index < -0.39 is 0 Å². The Morgan fingerprint density at radius 3 is 0.737 bits per heavy atom. The molecule has 0 nitrogen and oxygen atoms in total. The summed E-state index contributed by atoms with van der Waals surface area (Å²) in [5.41, 5.74) is 20.2. The van der Waals surface area contributed by atoms with Crippen LogP contribution in [0.2, 0.25) is 0 Å². The fourth-order valence-corrected chi connectivity index (χ4v) is 15.0. The van der Waals surface area contributed by atoms with E-state index in [1.807, 2.05) is 23.5 Å². The Kier molecular flexibility index (Phi) is 9.91. The first-order chi connectivity index (χ1) is 37.7. The van der Waals surface area contributed by atoms with E-state index in [9.17, 15) is 0 Å². The van der Waals surface area contributed by atoms with Gasteiger partial charge in [-0.1, -0.05) is 266 Å². The van der Waals surface area contributed by atoms with E-state index in [2.05, 4.69) is 267 Å². The van der Waals surface area contributed by atoms with Crippen molar-refractivity contribution < 1.29 is 0 Å². The first-order valence-corrected chi connectivity index (χ1v) is 27.8. The van der Waals surface area contributed by atoms with E-state index in [0.29, 0.717) is 0 Å². The zero-order valence-corrected chi connectivity index (χ0v) is 42.9. The van der Waals surface area contributed by atoms with Gasteiger partial charge in [0.15, 0.2) is 0 Å². The molecule has 0 aromatic heterocycles. The van der Waals surface area contributed by atoms with Gasteiger partial charge in [-0.05, 0) is 156 Å². The molecule has 2 heteroatoms. The van der Waals surface area contributed by atoms with Crippen LogP contribution in [-0.4, -0.2) is 0 Å². The Bertz CT molecular complexity index is 4290. The Morgan fingerprint density at radius 1 is 0.171 bits per heavy atom. The van der Waals surface area contributed by atoms with Crippen molar-refractivity contribution in [3.05, 3.63) is 267 Å². The number of fused-ring (bicyclic) bond motifs is 8. The second kappa shape index (κ2) is 17.3. The molecule has 0 fully saturated rings. The molecule has 76 heavy (non-hydrogen) atoms. The van der Waals surface area contributed by atoms with Gasteiger partial charge < -0.3 is 0 Å². The molecule has 0 N–H and O–H groups in total. The molecule has 352 valence electrons. The standard InChI is InChI=1S/C74H44S2/c1-3-15-47(16-4-1)69-55-19-7-11-23-59(55)71(60-24-12-8-20-56(60)69)49-31-27-45(28-32-49)51-35-37-53-63-39-40-64-54-38-36-52(44-68(54)76-66-42-41-65(73(63)74(64)66)75-67(53)43-51)46-29-33-50(34-30-46)72-61-25-13-9-21-57(61)70(48-17-5-2-6-18-48)58-22-10-14-26-62(58)72/h1-44H. The van der Waals surface area contributed by atoms with Crippen molar-refractivity contribution in [1.82, 2.24) is 0 Å². The first-order valence-electron chi connectivity index (χ1n) is 26.1. The Hall–Kier alpha value is -8.92. The van der Waals surface area contributed by atoms with Crippen LogP contribution < -0.4 is 0 Å². The maximum atomic E-state index is 2.40. The minimum absolute atomic E-state index is 1.22. The number of rotatable bonds is 6. The van der Waals surface area contributed by atoms with E-state index >= 15 is 0 Å². The monoisotopic (exact) mass is 996 g/mol. The van der Waals surface area contributed by atoms with Crippen molar-refractivity contribution in [3.63, 3.8) is 0 Å². The van der Waals surface area contributed by atoms with Crippen LogP contribution in [0.5, 0.6) is 0 Å². The minimum Gasteiger partial charge on any atom is -0.0887 e. The van der Waals surface area contributed by atoms with Crippen molar-refractivity contribution in [2.45, 2.75) is 19.6 Å². The smallest absolute Gasteiger partial charge is 0.0208 e. The largest absolute Gasteiger partial charge is 0.0887 e. The number of hydrogen-bond acceptors (Lipinski definition) is 2. The van der Waals surface area contributed by atoms with Crippen LogP contribution in [0.4, 0.5) is 0 Å². The third-order valence-electron chi connectivity index (χ3n) is 16.1. The zero-order valence-electron chi connectivity index (χ0n) is 41.2. The van der Waals surface area contributed by atoms with Crippen LogP contribution >= 0.6 is 23.5 Å². The molecule has 0 amide bonds. The van der Waals surface area contributed by atoms with Gasteiger partial charge in [0.25, 0.3) is 0 Å². The van der Waals surface area contributed by atoms with Crippen LogP contribution in [0, 0.1) is 0 Å². The van der Waals surface area contributed by atoms with Crippen LogP contribution in [-0.2, 0) is 0 Å². The highest BCUT2D eigenvalue weighted by atomic mass is 32.2. The van der Waals surface area contributed by atoms with Crippen molar-refractivity contribution in [2.24, 2.45) is 0 Å². The molecule has 14 aromatic rings. The summed E-state index contributed by atoms with van der Waals surface area (Å²) >= 11 is 3.82. The maximum Gasteiger partial charge on any atom is 0.0208 e. The van der Waals surface area contributed by atoms with Gasteiger partial charge >= 0.3 is 0 Å². The molecule has 0 saturated carbocycles. The summed E-state index contributed by atoms with van der Waals surface area (Å²) in [6.07, 6.45) is 0. The first kappa shape index (κ1) is 43.5. The van der Waals surface area contributed by atoms with Crippen molar-refractivity contribution >= 4 is 77.4 Å². The van der Waals surface area contributed by atoms with E-state index in [1.54, 1.807) is 0 Å². The summed E-state index contributed by atoms with van der Waals surface area (Å²) in [4.78, 5) is 5.25. The molecule has 0 aliphatic carbocycles. The molecule has 0 saturated heterocycles. The Labute approximate surface area is 450 Å². The summed E-state index contributed by atoms with van der Waals surface area (Å²) in [6, 6.07) is 99.4. The van der Waals surface area contributed by atoms with Crippen LogP contribution in [0.15, 0.2) is 287 Å². The van der Waals surface area contributed by atoms with Gasteiger partial charge in [-0.2, -0.15) is 0 Å². The third kappa shape index (κ3) is 6.74. The van der Waals surface area contributed by atoms with Crippen LogP contribution in [0.25, 0.3) is 143 Å². The van der Waals surface area contributed by atoms with Gasteiger partial charge in [-0.25, -0.2) is 0 Å². The van der Waals surface area contributed by atoms with Gasteiger partial charge in [-0.15, -0.1) is 0 Å². The van der Waals surface area contributed by atoms with Gasteiger partial charge in [0.2, 0.25) is 0 Å². The average molecular weight is 997 g/mol. The second-order valence-electron chi connectivity index (χ2n) is 20.2. The van der Waals surface area contributed by atoms with Crippen molar-refractivity contribution in [3.8, 4) is 89.0 Å². The lowest BCUT2D eigenvalue weighted by atomic mass is 9.85. The zero-order chi connectivity index (χ0) is 49.8. The predicted molar refractivity (Wildman–Crippen MR) is 326 cm³/mol. The van der Waals surface area contributed by atoms with E-state index in [4.69, 9.17) is 0 Å². The molecule has 0 spiro atoms. The SMILES string of the molecule is c1ccc(-c2c3ccccc3c(-c3ccc(-c4ccc5c(c4)Sc4ccc6c7c(ccc-5c47)-c4ccc(-c5ccc(-c7c8ccccc8c(-c8ccccc8)c8ccccc78)cc5)cc4S6)cc3)c3ccccc23)cc1. The molecule has 0 atom stereocenters. The van der Waals surface area contributed by atoms with E-state index in [1.165, 1.54) is 162 Å². The molecule has 16 rings (SSSR count). The van der Waals surface area contributed by atoms with Gasteiger partial charge in [0, 0.05) is 30.4 Å². The highest BCUT2D eigenvalue weighted by Crippen LogP contribution is 2.57. The number of hydrogen-bond donors (Lipinski definition) is 0. The summed E-state index contributed by atoms with van der Waals surface area (Å²) in [7, 11) is 0. The summed E-state index contributed by atoms with van der Waals surface area (Å²) < 4.78 is 0. The lowest BCUT2D eigenvalue weighted by molar-refractivity contribution is 1.34. The Morgan fingerprint density at radius 2 is 0.421 bits per heavy atom. The van der Waals surface area contributed by atoms with E-state index in [-0.39, 0.29) is 0 Å². The molecule has 14 aromatic carbocycles. The quantitative estimate of drug-likeness (QED) is 0.152. The fraction of sp³-hybridized carbons (Fsp3) is 0. The van der Waals surface area contributed by atoms with Crippen molar-refractivity contribution in [1.29, 1.82) is 0 Å². The highest BCUT2D eigenvalue weighted by molar-refractivity contribution is 8.00. The molecule has 0 unspecified atom stereocenters. The number of benzene rings is 14. The molecule has 0 bridgehead atoms. The summed E-state index contributed by atoms with van der Waals surface area (Å²) in [6.45, 7) is 0. The van der Waals surface area contributed by atoms with Gasteiger partial charge in [0.05, 0.1) is 0 Å². The average Bonchev–Trinajstić information content (AvgIpc) is 3.66. The lowest BCUT2D eigenvalue weighted by Crippen LogP contribution is -1.99. The maximum absolute atomic E-state index is 2.40. The predicted octanol–water partition coefficient (Wildman–Crippen LogP) is 21.7. The van der Waals surface area contributed by atoms with Crippen LogP contribution in [0.1, 0.15) is 0 Å². The highest BCUT2D eigenvalue weighted by Gasteiger charge is 2.28. The fourth-order valence-electron chi connectivity index (χ4n) is 12.7. The molecule has 2 aliphatic rings. The van der Waals surface area contributed by atoms with Crippen LogP contribution in [0.3, 0.4) is 0 Å². The topological polar surface area (TPSA) is 0 Å².